The van der Waals surface area contributed by atoms with Gasteiger partial charge in [0.1, 0.15) is 5.69 Å². The lowest BCUT2D eigenvalue weighted by molar-refractivity contribution is -0.384. The van der Waals surface area contributed by atoms with Gasteiger partial charge in [-0.05, 0) is 50.9 Å². The molecule has 0 aliphatic carbocycles. The molecular formula is C14H21N3O2. The Morgan fingerprint density at radius 3 is 2.89 bits per heavy atom. The van der Waals surface area contributed by atoms with E-state index in [0.29, 0.717) is 6.04 Å². The molecule has 1 atom stereocenters. The van der Waals surface area contributed by atoms with Crippen LogP contribution in [0.25, 0.3) is 0 Å². The summed E-state index contributed by atoms with van der Waals surface area (Å²) in [6, 6.07) is 5.69. The van der Waals surface area contributed by atoms with Crippen molar-refractivity contribution in [2.24, 2.45) is 0 Å². The maximum atomic E-state index is 11.2. The van der Waals surface area contributed by atoms with Crippen LogP contribution in [0, 0.1) is 17.0 Å². The van der Waals surface area contributed by atoms with Crippen LogP contribution in [0.15, 0.2) is 18.2 Å². The molecule has 0 radical (unpaired) electrons. The predicted octanol–water partition coefficient (Wildman–Crippen LogP) is 2.48. The molecule has 1 unspecified atom stereocenters. The molecule has 1 aromatic rings. The zero-order valence-electron chi connectivity index (χ0n) is 11.6. The molecule has 19 heavy (non-hydrogen) atoms. The number of rotatable bonds is 3. The summed E-state index contributed by atoms with van der Waals surface area (Å²) >= 11 is 0. The van der Waals surface area contributed by atoms with E-state index in [4.69, 9.17) is 0 Å². The quantitative estimate of drug-likeness (QED) is 0.672. The maximum absolute atomic E-state index is 11.2. The van der Waals surface area contributed by atoms with Crippen LogP contribution in [0.4, 0.5) is 11.4 Å². The van der Waals surface area contributed by atoms with Gasteiger partial charge >= 0.3 is 0 Å². The summed E-state index contributed by atoms with van der Waals surface area (Å²) in [5.41, 5.74) is 1.99. The second kappa shape index (κ2) is 6.02. The van der Waals surface area contributed by atoms with E-state index < -0.39 is 0 Å². The van der Waals surface area contributed by atoms with Gasteiger partial charge < -0.3 is 10.2 Å². The van der Waals surface area contributed by atoms with E-state index in [2.05, 4.69) is 10.2 Å². The van der Waals surface area contributed by atoms with Crippen LogP contribution in [0.2, 0.25) is 0 Å². The van der Waals surface area contributed by atoms with Crippen LogP contribution in [0.3, 0.4) is 0 Å². The Morgan fingerprint density at radius 1 is 1.37 bits per heavy atom. The molecule has 104 valence electrons. The van der Waals surface area contributed by atoms with E-state index in [1.54, 1.807) is 12.1 Å². The van der Waals surface area contributed by atoms with Crippen molar-refractivity contribution in [3.63, 3.8) is 0 Å². The van der Waals surface area contributed by atoms with Gasteiger partial charge in [-0.2, -0.15) is 0 Å². The smallest absolute Gasteiger partial charge is 0.292 e. The molecule has 0 spiro atoms. The van der Waals surface area contributed by atoms with Gasteiger partial charge in [-0.25, -0.2) is 0 Å². The number of anilines is 1. The first-order chi connectivity index (χ1) is 9.09. The lowest BCUT2D eigenvalue weighted by Gasteiger charge is -2.29. The number of nitrogens with zero attached hydrogens (tertiary/aromatic N) is 2. The van der Waals surface area contributed by atoms with Crippen molar-refractivity contribution in [2.45, 2.75) is 32.2 Å². The minimum Gasteiger partial charge on any atom is -0.366 e. The van der Waals surface area contributed by atoms with Crippen molar-refractivity contribution >= 4 is 11.4 Å². The average Bonchev–Trinajstić information content (AvgIpc) is 2.66. The Kier molecular flexibility index (Phi) is 4.37. The molecule has 1 aliphatic rings. The number of aryl methyl sites for hydroxylation is 1. The van der Waals surface area contributed by atoms with Gasteiger partial charge in [0.05, 0.1) is 4.92 Å². The highest BCUT2D eigenvalue weighted by Gasteiger charge is 2.23. The second-order valence-electron chi connectivity index (χ2n) is 5.19. The number of nitro groups is 1. The lowest BCUT2D eigenvalue weighted by atomic mass is 10.1. The maximum Gasteiger partial charge on any atom is 0.292 e. The van der Waals surface area contributed by atoms with Crippen molar-refractivity contribution in [2.75, 3.05) is 25.0 Å². The summed E-state index contributed by atoms with van der Waals surface area (Å²) in [5.74, 6) is 0. The summed E-state index contributed by atoms with van der Waals surface area (Å²) in [6.45, 7) is 3.99. The topological polar surface area (TPSA) is 58.4 Å². The van der Waals surface area contributed by atoms with Gasteiger partial charge in [-0.1, -0.05) is 6.07 Å². The zero-order valence-corrected chi connectivity index (χ0v) is 11.6. The highest BCUT2D eigenvalue weighted by atomic mass is 16.6. The third-order valence-corrected chi connectivity index (χ3v) is 3.80. The minimum atomic E-state index is -0.291. The standard InChI is InChI=1S/C14H21N3O2/c1-11-5-6-13(17(18)19)14(10-11)16(2)12-4-3-8-15-9-7-12/h5-6,10,12,15H,3-4,7-9H2,1-2H3. The van der Waals surface area contributed by atoms with E-state index in [1.165, 1.54) is 0 Å². The van der Waals surface area contributed by atoms with E-state index in [-0.39, 0.29) is 10.6 Å². The molecule has 0 aromatic heterocycles. The summed E-state index contributed by atoms with van der Waals surface area (Å²) < 4.78 is 0. The van der Waals surface area contributed by atoms with E-state index >= 15 is 0 Å². The predicted molar refractivity (Wildman–Crippen MR) is 76.7 cm³/mol. The summed E-state index contributed by atoms with van der Waals surface area (Å²) in [7, 11) is 1.97. The Balaban J connectivity index is 2.28. The normalized spacial score (nSPS) is 19.8. The molecule has 5 nitrogen and oxygen atoms in total. The van der Waals surface area contributed by atoms with Gasteiger partial charge in [-0.15, -0.1) is 0 Å². The zero-order chi connectivity index (χ0) is 13.8. The average molecular weight is 263 g/mol. The Hall–Kier alpha value is -1.62. The second-order valence-corrected chi connectivity index (χ2v) is 5.19. The first-order valence-electron chi connectivity index (χ1n) is 6.78. The van der Waals surface area contributed by atoms with Gasteiger partial charge in [0.25, 0.3) is 5.69 Å². The molecule has 5 heteroatoms. The van der Waals surface area contributed by atoms with Gasteiger partial charge in [0, 0.05) is 19.2 Å². The Morgan fingerprint density at radius 2 is 2.16 bits per heavy atom. The number of nitrogens with one attached hydrogen (secondary N) is 1. The molecule has 1 aromatic carbocycles. The monoisotopic (exact) mass is 263 g/mol. The van der Waals surface area contributed by atoms with Crippen LogP contribution in [0.1, 0.15) is 24.8 Å². The van der Waals surface area contributed by atoms with E-state index in [9.17, 15) is 10.1 Å². The number of hydrogen-bond acceptors (Lipinski definition) is 4. The fourth-order valence-corrected chi connectivity index (χ4v) is 2.66. The molecule has 1 fully saturated rings. The first-order valence-corrected chi connectivity index (χ1v) is 6.78. The van der Waals surface area contributed by atoms with Gasteiger partial charge in [-0.3, -0.25) is 10.1 Å². The van der Waals surface area contributed by atoms with Gasteiger partial charge in [0.15, 0.2) is 0 Å². The van der Waals surface area contributed by atoms with Crippen molar-refractivity contribution in [1.29, 1.82) is 0 Å². The van der Waals surface area contributed by atoms with E-state index in [0.717, 1.165) is 43.6 Å². The molecule has 1 N–H and O–H groups in total. The molecular weight excluding hydrogens is 242 g/mol. The van der Waals surface area contributed by atoms with E-state index in [1.807, 2.05) is 20.0 Å². The van der Waals surface area contributed by atoms with Gasteiger partial charge in [0.2, 0.25) is 0 Å². The fourth-order valence-electron chi connectivity index (χ4n) is 2.66. The summed E-state index contributed by atoms with van der Waals surface area (Å²) in [4.78, 5) is 12.9. The number of hydrogen-bond donors (Lipinski definition) is 1. The van der Waals surface area contributed by atoms with Crippen LogP contribution in [0.5, 0.6) is 0 Å². The molecule has 0 bridgehead atoms. The Labute approximate surface area is 113 Å². The largest absolute Gasteiger partial charge is 0.366 e. The van der Waals surface area contributed by atoms with Crippen LogP contribution < -0.4 is 10.2 Å². The van der Waals surface area contributed by atoms with Crippen molar-refractivity contribution in [3.05, 3.63) is 33.9 Å². The lowest BCUT2D eigenvalue weighted by Crippen LogP contribution is -2.32. The molecule has 1 saturated heterocycles. The summed E-state index contributed by atoms with van der Waals surface area (Å²) in [5, 5.41) is 14.5. The van der Waals surface area contributed by atoms with Crippen molar-refractivity contribution < 1.29 is 4.92 Å². The van der Waals surface area contributed by atoms with Crippen LogP contribution >= 0.6 is 0 Å². The highest BCUT2D eigenvalue weighted by Crippen LogP contribution is 2.31. The van der Waals surface area contributed by atoms with Crippen LogP contribution in [-0.4, -0.2) is 31.1 Å². The van der Waals surface area contributed by atoms with Crippen molar-refractivity contribution in [3.8, 4) is 0 Å². The van der Waals surface area contributed by atoms with Crippen molar-refractivity contribution in [1.82, 2.24) is 5.32 Å². The minimum absolute atomic E-state index is 0.199. The molecule has 2 rings (SSSR count). The number of benzene rings is 1. The fraction of sp³-hybridized carbons (Fsp3) is 0.571. The molecule has 0 saturated carbocycles. The van der Waals surface area contributed by atoms with Crippen LogP contribution in [-0.2, 0) is 0 Å². The first kappa shape index (κ1) is 13.8. The third-order valence-electron chi connectivity index (χ3n) is 3.80. The third kappa shape index (κ3) is 3.23. The highest BCUT2D eigenvalue weighted by molar-refractivity contribution is 5.64. The SMILES string of the molecule is Cc1ccc([N+](=O)[O-])c(N(C)C2CCCNCC2)c1. The molecule has 1 heterocycles. The Bertz CT molecular complexity index is 454. The molecule has 0 amide bonds. The number of nitro benzene ring substituents is 1. The summed E-state index contributed by atoms with van der Waals surface area (Å²) in [6.07, 6.45) is 3.23. The molecule has 1 aliphatic heterocycles.